The van der Waals surface area contributed by atoms with Gasteiger partial charge in [0.1, 0.15) is 0 Å². The van der Waals surface area contributed by atoms with E-state index in [1.165, 1.54) is 37.2 Å². The number of likely N-dealkylation sites (tertiary alicyclic amines) is 1. The SMILES string of the molecule is CC(C)C(O)CCNCc1ccccc1N(C)C1CCN(C)CC1. The maximum absolute atomic E-state index is 9.91. The highest BCUT2D eigenvalue weighted by Gasteiger charge is 2.22. The minimum absolute atomic E-state index is 0.213. The number of aliphatic hydroxyl groups excluding tert-OH is 1. The van der Waals surface area contributed by atoms with Crippen LogP contribution in [-0.4, -0.2) is 55.9 Å². The monoisotopic (exact) mass is 333 g/mol. The lowest BCUT2D eigenvalue weighted by molar-refractivity contribution is 0.116. The molecular formula is C20H35N3O. The summed E-state index contributed by atoms with van der Waals surface area (Å²) in [6, 6.07) is 9.33. The molecule has 1 aromatic carbocycles. The molecule has 4 heteroatoms. The Morgan fingerprint density at radius 2 is 1.92 bits per heavy atom. The predicted molar refractivity (Wildman–Crippen MR) is 103 cm³/mol. The zero-order chi connectivity index (χ0) is 17.5. The van der Waals surface area contributed by atoms with E-state index in [0.29, 0.717) is 12.0 Å². The molecule has 1 saturated heterocycles. The summed E-state index contributed by atoms with van der Waals surface area (Å²) in [5.41, 5.74) is 2.68. The number of nitrogens with zero attached hydrogens (tertiary/aromatic N) is 2. The second kappa shape index (κ2) is 9.40. The zero-order valence-corrected chi connectivity index (χ0v) is 15.8. The van der Waals surface area contributed by atoms with Gasteiger partial charge >= 0.3 is 0 Å². The number of nitrogens with one attached hydrogen (secondary N) is 1. The summed E-state index contributed by atoms with van der Waals surface area (Å²) >= 11 is 0. The van der Waals surface area contributed by atoms with Gasteiger partial charge in [0.2, 0.25) is 0 Å². The van der Waals surface area contributed by atoms with Crippen molar-refractivity contribution in [2.24, 2.45) is 5.92 Å². The molecule has 0 bridgehead atoms. The molecule has 0 saturated carbocycles. The van der Waals surface area contributed by atoms with Crippen molar-refractivity contribution < 1.29 is 5.11 Å². The minimum Gasteiger partial charge on any atom is -0.393 e. The number of piperidine rings is 1. The van der Waals surface area contributed by atoms with Gasteiger partial charge in [-0.1, -0.05) is 32.0 Å². The number of aliphatic hydroxyl groups is 1. The Kier molecular flexibility index (Phi) is 7.53. The molecule has 1 unspecified atom stereocenters. The van der Waals surface area contributed by atoms with E-state index < -0.39 is 0 Å². The van der Waals surface area contributed by atoms with E-state index in [1.807, 2.05) is 0 Å². The van der Waals surface area contributed by atoms with Crippen LogP contribution in [0.4, 0.5) is 5.69 Å². The van der Waals surface area contributed by atoms with E-state index in [9.17, 15) is 5.11 Å². The molecule has 1 aliphatic rings. The topological polar surface area (TPSA) is 38.7 Å². The lowest BCUT2D eigenvalue weighted by Gasteiger charge is -2.37. The molecule has 0 spiro atoms. The third kappa shape index (κ3) is 5.47. The molecule has 0 aliphatic carbocycles. The van der Waals surface area contributed by atoms with Crippen molar-refractivity contribution in [3.8, 4) is 0 Å². The minimum atomic E-state index is -0.213. The van der Waals surface area contributed by atoms with Gasteiger partial charge < -0.3 is 20.2 Å². The van der Waals surface area contributed by atoms with Gasteiger partial charge in [0.25, 0.3) is 0 Å². The van der Waals surface area contributed by atoms with Gasteiger partial charge in [-0.2, -0.15) is 0 Å². The van der Waals surface area contributed by atoms with Crippen molar-refractivity contribution in [2.75, 3.05) is 38.6 Å². The van der Waals surface area contributed by atoms with Crippen LogP contribution < -0.4 is 10.2 Å². The molecule has 0 amide bonds. The van der Waals surface area contributed by atoms with E-state index in [-0.39, 0.29) is 6.10 Å². The summed E-state index contributed by atoms with van der Waals surface area (Å²) < 4.78 is 0. The third-order valence-corrected chi connectivity index (χ3v) is 5.31. The van der Waals surface area contributed by atoms with Crippen LogP contribution in [0, 0.1) is 5.92 Å². The molecule has 2 rings (SSSR count). The van der Waals surface area contributed by atoms with Crippen molar-refractivity contribution in [1.82, 2.24) is 10.2 Å². The Morgan fingerprint density at radius 3 is 2.58 bits per heavy atom. The highest BCUT2D eigenvalue weighted by atomic mass is 16.3. The lowest BCUT2D eigenvalue weighted by Crippen LogP contribution is -2.42. The van der Waals surface area contributed by atoms with Gasteiger partial charge in [0.15, 0.2) is 0 Å². The van der Waals surface area contributed by atoms with Crippen molar-refractivity contribution in [1.29, 1.82) is 0 Å². The first-order chi connectivity index (χ1) is 11.5. The number of benzene rings is 1. The Balaban J connectivity index is 1.89. The summed E-state index contributed by atoms with van der Waals surface area (Å²) in [7, 11) is 4.44. The third-order valence-electron chi connectivity index (χ3n) is 5.31. The molecule has 0 radical (unpaired) electrons. The summed E-state index contributed by atoms with van der Waals surface area (Å²) in [6.07, 6.45) is 3.06. The highest BCUT2D eigenvalue weighted by Crippen LogP contribution is 2.25. The molecule has 0 aromatic heterocycles. The fourth-order valence-corrected chi connectivity index (χ4v) is 3.39. The van der Waals surface area contributed by atoms with Crippen LogP contribution in [0.15, 0.2) is 24.3 Å². The summed E-state index contributed by atoms with van der Waals surface area (Å²) in [6.45, 7) is 8.21. The van der Waals surface area contributed by atoms with E-state index in [2.05, 4.69) is 67.3 Å². The first kappa shape index (κ1) is 19.2. The van der Waals surface area contributed by atoms with Gasteiger partial charge in [0, 0.05) is 25.3 Å². The Bertz CT molecular complexity index is 484. The van der Waals surface area contributed by atoms with Gasteiger partial charge in [-0.25, -0.2) is 0 Å². The summed E-state index contributed by atoms with van der Waals surface area (Å²) in [5, 5.41) is 13.4. The maximum atomic E-state index is 9.91. The van der Waals surface area contributed by atoms with Crippen LogP contribution in [0.3, 0.4) is 0 Å². The fourth-order valence-electron chi connectivity index (χ4n) is 3.39. The second-order valence-electron chi connectivity index (χ2n) is 7.55. The summed E-state index contributed by atoms with van der Waals surface area (Å²) in [5.74, 6) is 0.328. The van der Waals surface area contributed by atoms with Gasteiger partial charge in [-0.3, -0.25) is 0 Å². The van der Waals surface area contributed by atoms with Crippen LogP contribution in [0.2, 0.25) is 0 Å². The Morgan fingerprint density at radius 1 is 1.25 bits per heavy atom. The zero-order valence-electron chi connectivity index (χ0n) is 15.8. The standard InChI is InChI=1S/C20H35N3O/c1-16(2)20(24)9-12-21-15-17-7-5-6-8-19(17)23(4)18-10-13-22(3)14-11-18/h5-8,16,18,20-21,24H,9-15H2,1-4H3. The van der Waals surface area contributed by atoms with E-state index in [4.69, 9.17) is 0 Å². The van der Waals surface area contributed by atoms with Crippen LogP contribution in [0.5, 0.6) is 0 Å². The molecule has 1 atom stereocenters. The fraction of sp³-hybridized carbons (Fsp3) is 0.700. The Labute approximate surface area is 147 Å². The molecular weight excluding hydrogens is 298 g/mol. The van der Waals surface area contributed by atoms with E-state index in [0.717, 1.165) is 19.5 Å². The number of anilines is 1. The first-order valence-electron chi connectivity index (χ1n) is 9.37. The largest absolute Gasteiger partial charge is 0.393 e. The van der Waals surface area contributed by atoms with Crippen LogP contribution >= 0.6 is 0 Å². The molecule has 1 fully saturated rings. The first-order valence-corrected chi connectivity index (χ1v) is 9.37. The van der Waals surface area contributed by atoms with E-state index in [1.54, 1.807) is 0 Å². The van der Waals surface area contributed by atoms with Gasteiger partial charge in [-0.15, -0.1) is 0 Å². The average Bonchev–Trinajstić information content (AvgIpc) is 2.59. The van der Waals surface area contributed by atoms with Crippen molar-refractivity contribution >= 4 is 5.69 Å². The second-order valence-corrected chi connectivity index (χ2v) is 7.55. The van der Waals surface area contributed by atoms with Crippen LogP contribution in [0.1, 0.15) is 38.7 Å². The lowest BCUT2D eigenvalue weighted by atomic mass is 10.0. The van der Waals surface area contributed by atoms with Gasteiger partial charge in [0.05, 0.1) is 6.10 Å². The molecule has 24 heavy (non-hydrogen) atoms. The van der Waals surface area contributed by atoms with E-state index >= 15 is 0 Å². The quantitative estimate of drug-likeness (QED) is 0.718. The summed E-state index contributed by atoms with van der Waals surface area (Å²) in [4.78, 5) is 4.88. The Hall–Kier alpha value is -1.10. The number of hydrogen-bond donors (Lipinski definition) is 2. The highest BCUT2D eigenvalue weighted by molar-refractivity contribution is 5.53. The molecule has 1 heterocycles. The van der Waals surface area contributed by atoms with Gasteiger partial charge in [-0.05, 0) is 63.5 Å². The number of para-hydroxylation sites is 1. The maximum Gasteiger partial charge on any atom is 0.0575 e. The molecule has 4 nitrogen and oxygen atoms in total. The van der Waals surface area contributed by atoms with Crippen LogP contribution in [0.25, 0.3) is 0 Å². The molecule has 2 N–H and O–H groups in total. The molecule has 1 aromatic rings. The van der Waals surface area contributed by atoms with Crippen molar-refractivity contribution in [2.45, 2.75) is 51.8 Å². The molecule has 1 aliphatic heterocycles. The number of hydrogen-bond acceptors (Lipinski definition) is 4. The normalized spacial score (nSPS) is 18.1. The molecule has 136 valence electrons. The number of rotatable bonds is 8. The van der Waals surface area contributed by atoms with Crippen molar-refractivity contribution in [3.63, 3.8) is 0 Å². The van der Waals surface area contributed by atoms with Crippen molar-refractivity contribution in [3.05, 3.63) is 29.8 Å². The van der Waals surface area contributed by atoms with Crippen LogP contribution in [-0.2, 0) is 6.54 Å². The average molecular weight is 334 g/mol. The smallest absolute Gasteiger partial charge is 0.0575 e. The predicted octanol–water partition coefficient (Wildman–Crippen LogP) is 2.71.